The molecular formula is C17H28F3N5O. The maximum absolute atomic E-state index is 12.4. The highest BCUT2D eigenvalue weighted by atomic mass is 19.4. The van der Waals surface area contributed by atoms with Crippen LogP contribution in [0.5, 0.6) is 0 Å². The van der Waals surface area contributed by atoms with Crippen LogP contribution < -0.4 is 10.6 Å². The van der Waals surface area contributed by atoms with Crippen LogP contribution in [0.25, 0.3) is 0 Å². The number of halogens is 3. The molecular weight excluding hydrogens is 347 g/mol. The van der Waals surface area contributed by atoms with Gasteiger partial charge in [-0.25, -0.2) is 4.98 Å². The van der Waals surface area contributed by atoms with Crippen molar-refractivity contribution in [3.8, 4) is 0 Å². The average Bonchev–Trinajstić information content (AvgIpc) is 2.89. The fraction of sp³-hybridized carbons (Fsp3) is 0.765. The van der Waals surface area contributed by atoms with E-state index in [-0.39, 0.29) is 0 Å². The number of aryl methyl sites for hydroxylation is 2. The summed E-state index contributed by atoms with van der Waals surface area (Å²) < 4.78 is 42.7. The Bertz CT molecular complexity index is 572. The molecule has 0 aromatic carbocycles. The molecule has 0 atom stereocenters. The Morgan fingerprint density at radius 3 is 2.50 bits per heavy atom. The zero-order valence-electron chi connectivity index (χ0n) is 15.6. The molecule has 148 valence electrons. The van der Waals surface area contributed by atoms with Crippen molar-refractivity contribution in [1.82, 2.24) is 20.5 Å². The lowest BCUT2D eigenvalue weighted by molar-refractivity contribution is -0.148. The molecule has 9 heteroatoms. The average molecular weight is 375 g/mol. The highest BCUT2D eigenvalue weighted by Gasteiger charge is 2.32. The van der Waals surface area contributed by atoms with Crippen LogP contribution in [-0.4, -0.2) is 55.2 Å². The molecule has 1 fully saturated rings. The summed E-state index contributed by atoms with van der Waals surface area (Å²) in [5, 5.41) is 6.38. The van der Waals surface area contributed by atoms with Crippen molar-refractivity contribution in [2.45, 2.75) is 45.8 Å². The van der Waals surface area contributed by atoms with Gasteiger partial charge in [0, 0.05) is 13.6 Å². The Kier molecular flexibility index (Phi) is 7.31. The Morgan fingerprint density at radius 2 is 1.96 bits per heavy atom. The van der Waals surface area contributed by atoms with Crippen molar-refractivity contribution in [2.75, 3.05) is 33.2 Å². The Balaban J connectivity index is 1.64. The highest BCUT2D eigenvalue weighted by molar-refractivity contribution is 5.79. The number of hydrogen-bond acceptors (Lipinski definition) is 4. The summed E-state index contributed by atoms with van der Waals surface area (Å²) in [5.41, 5.74) is 0.876. The number of alkyl halides is 3. The number of nitrogens with zero attached hydrogens (tertiary/aromatic N) is 3. The summed E-state index contributed by atoms with van der Waals surface area (Å²) >= 11 is 0. The monoisotopic (exact) mass is 375 g/mol. The van der Waals surface area contributed by atoms with Gasteiger partial charge in [0.1, 0.15) is 5.76 Å². The van der Waals surface area contributed by atoms with Crippen LogP contribution in [0.15, 0.2) is 9.41 Å². The third-order valence-electron chi connectivity index (χ3n) is 4.66. The molecule has 1 saturated heterocycles. The number of guanidine groups is 1. The normalized spacial score (nSPS) is 17.5. The fourth-order valence-electron chi connectivity index (χ4n) is 3.08. The quantitative estimate of drug-likeness (QED) is 0.591. The van der Waals surface area contributed by atoms with Crippen LogP contribution in [0.2, 0.25) is 0 Å². The molecule has 1 aromatic heterocycles. The number of nitrogens with one attached hydrogen (secondary N) is 2. The van der Waals surface area contributed by atoms with Gasteiger partial charge in [0.2, 0.25) is 5.89 Å². The molecule has 0 aliphatic carbocycles. The largest absolute Gasteiger partial charge is 0.444 e. The maximum atomic E-state index is 12.4. The minimum atomic E-state index is -4.10. The first-order chi connectivity index (χ1) is 12.3. The Labute approximate surface area is 152 Å². The first kappa shape index (κ1) is 20.5. The van der Waals surface area contributed by atoms with E-state index in [0.717, 1.165) is 37.3 Å². The van der Waals surface area contributed by atoms with Crippen molar-refractivity contribution in [1.29, 1.82) is 0 Å². The van der Waals surface area contributed by atoms with Gasteiger partial charge in [-0.2, -0.15) is 13.2 Å². The van der Waals surface area contributed by atoms with E-state index >= 15 is 0 Å². The minimum absolute atomic E-state index is 0.446. The van der Waals surface area contributed by atoms with Gasteiger partial charge in [-0.05, 0) is 52.1 Å². The molecule has 0 amide bonds. The fourth-order valence-corrected chi connectivity index (χ4v) is 3.08. The predicted molar refractivity (Wildman–Crippen MR) is 94.0 cm³/mol. The van der Waals surface area contributed by atoms with Gasteiger partial charge < -0.3 is 15.1 Å². The van der Waals surface area contributed by atoms with E-state index in [1.54, 1.807) is 7.05 Å². The molecule has 0 unspecified atom stereocenters. The molecule has 0 saturated carbocycles. The molecule has 1 aliphatic rings. The van der Waals surface area contributed by atoms with Crippen molar-refractivity contribution in [3.63, 3.8) is 0 Å². The molecule has 2 N–H and O–H groups in total. The number of aliphatic imine (C=N–C) groups is 1. The summed E-state index contributed by atoms with van der Waals surface area (Å²) in [5.74, 6) is 2.52. The van der Waals surface area contributed by atoms with E-state index in [2.05, 4.69) is 20.6 Å². The predicted octanol–water partition coefficient (Wildman–Crippen LogP) is 2.62. The third-order valence-corrected chi connectivity index (χ3v) is 4.66. The molecule has 0 bridgehead atoms. The van der Waals surface area contributed by atoms with Crippen LogP contribution in [0, 0.1) is 19.8 Å². The van der Waals surface area contributed by atoms with Crippen LogP contribution in [-0.2, 0) is 6.54 Å². The van der Waals surface area contributed by atoms with E-state index in [1.165, 1.54) is 4.90 Å². The first-order valence-corrected chi connectivity index (χ1v) is 8.93. The summed E-state index contributed by atoms with van der Waals surface area (Å²) in [4.78, 5) is 9.96. The highest BCUT2D eigenvalue weighted by Crippen LogP contribution is 2.23. The van der Waals surface area contributed by atoms with Gasteiger partial charge in [0.15, 0.2) is 5.96 Å². The summed E-state index contributed by atoms with van der Waals surface area (Å²) in [7, 11) is 1.69. The van der Waals surface area contributed by atoms with Gasteiger partial charge in [0.05, 0.1) is 18.8 Å². The van der Waals surface area contributed by atoms with E-state index in [1.807, 2.05) is 13.8 Å². The zero-order chi connectivity index (χ0) is 19.2. The topological polar surface area (TPSA) is 65.7 Å². The Morgan fingerprint density at radius 1 is 1.27 bits per heavy atom. The molecule has 1 aliphatic heterocycles. The zero-order valence-corrected chi connectivity index (χ0v) is 15.6. The van der Waals surface area contributed by atoms with E-state index in [4.69, 9.17) is 4.42 Å². The van der Waals surface area contributed by atoms with Crippen LogP contribution in [0.3, 0.4) is 0 Å². The van der Waals surface area contributed by atoms with E-state index in [0.29, 0.717) is 37.4 Å². The molecule has 2 heterocycles. The van der Waals surface area contributed by atoms with Gasteiger partial charge >= 0.3 is 6.18 Å². The number of hydrogen-bond donors (Lipinski definition) is 2. The SMILES string of the molecule is CN=C(NCCC1CCN(CC(F)(F)F)CC1)NCc1nc(C)c(C)o1. The van der Waals surface area contributed by atoms with Gasteiger partial charge in [0.25, 0.3) is 0 Å². The van der Waals surface area contributed by atoms with Crippen molar-refractivity contribution in [2.24, 2.45) is 10.9 Å². The lowest BCUT2D eigenvalue weighted by Gasteiger charge is -2.32. The third kappa shape index (κ3) is 6.86. The van der Waals surface area contributed by atoms with Crippen molar-refractivity contribution < 1.29 is 17.6 Å². The van der Waals surface area contributed by atoms with Crippen LogP contribution in [0.1, 0.15) is 36.6 Å². The second-order valence-corrected chi connectivity index (χ2v) is 6.73. The Hall–Kier alpha value is -1.77. The molecule has 2 rings (SSSR count). The molecule has 1 aromatic rings. The smallest absolute Gasteiger partial charge is 0.401 e. The number of oxazole rings is 1. The van der Waals surface area contributed by atoms with Gasteiger partial charge in [-0.1, -0.05) is 0 Å². The lowest BCUT2D eigenvalue weighted by Crippen LogP contribution is -2.41. The number of aromatic nitrogens is 1. The van der Waals surface area contributed by atoms with Crippen LogP contribution >= 0.6 is 0 Å². The second kappa shape index (κ2) is 9.25. The van der Waals surface area contributed by atoms with E-state index in [9.17, 15) is 13.2 Å². The number of piperidine rings is 1. The molecule has 6 nitrogen and oxygen atoms in total. The number of likely N-dealkylation sites (tertiary alicyclic amines) is 1. The standard InChI is InChI=1S/C17H28F3N5O/c1-12-13(2)26-15(24-12)10-23-16(21-3)22-7-4-14-5-8-25(9-6-14)11-17(18,19)20/h14H,4-11H2,1-3H3,(H2,21,22,23). The van der Waals surface area contributed by atoms with Crippen molar-refractivity contribution >= 4 is 5.96 Å². The lowest BCUT2D eigenvalue weighted by atomic mass is 9.93. The van der Waals surface area contributed by atoms with Crippen LogP contribution in [0.4, 0.5) is 13.2 Å². The van der Waals surface area contributed by atoms with Crippen molar-refractivity contribution in [3.05, 3.63) is 17.3 Å². The molecule has 26 heavy (non-hydrogen) atoms. The minimum Gasteiger partial charge on any atom is -0.444 e. The van der Waals surface area contributed by atoms with Gasteiger partial charge in [-0.15, -0.1) is 0 Å². The summed E-state index contributed by atoms with van der Waals surface area (Å²) in [6.45, 7) is 5.18. The number of rotatable bonds is 6. The first-order valence-electron chi connectivity index (χ1n) is 8.93. The maximum Gasteiger partial charge on any atom is 0.401 e. The summed E-state index contributed by atoms with van der Waals surface area (Å²) in [6.07, 6.45) is -1.58. The van der Waals surface area contributed by atoms with Gasteiger partial charge in [-0.3, -0.25) is 9.89 Å². The molecule has 0 radical (unpaired) electrons. The van der Waals surface area contributed by atoms with E-state index < -0.39 is 12.7 Å². The molecule has 0 spiro atoms. The summed E-state index contributed by atoms with van der Waals surface area (Å²) in [6, 6.07) is 0. The second-order valence-electron chi connectivity index (χ2n) is 6.73.